The Morgan fingerprint density at radius 2 is 2.00 bits per heavy atom. The summed E-state index contributed by atoms with van der Waals surface area (Å²) in [7, 11) is 0. The summed E-state index contributed by atoms with van der Waals surface area (Å²) in [6.07, 6.45) is 4.24. The van der Waals surface area contributed by atoms with E-state index in [2.05, 4.69) is 5.32 Å². The molecule has 1 aliphatic carbocycles. The van der Waals surface area contributed by atoms with Crippen LogP contribution in [0, 0.1) is 11.8 Å². The molecule has 13 heavy (non-hydrogen) atoms. The lowest BCUT2D eigenvalue weighted by atomic mass is 9.90. The van der Waals surface area contributed by atoms with Crippen LogP contribution in [0.5, 0.6) is 0 Å². The molecule has 76 valence electrons. The summed E-state index contributed by atoms with van der Waals surface area (Å²) < 4.78 is 0. The van der Waals surface area contributed by atoms with Crippen LogP contribution in [-0.2, 0) is 4.79 Å². The summed E-state index contributed by atoms with van der Waals surface area (Å²) in [6, 6.07) is 0.500. The van der Waals surface area contributed by atoms with Crippen molar-refractivity contribution in [1.82, 2.24) is 5.32 Å². The summed E-state index contributed by atoms with van der Waals surface area (Å²) in [5, 5.41) is 12.2. The second-order valence-corrected chi connectivity index (χ2v) is 3.96. The molecular formula is C9H16ClNO2. The van der Waals surface area contributed by atoms with E-state index >= 15 is 0 Å². The second kappa shape index (κ2) is 4.29. The van der Waals surface area contributed by atoms with Crippen LogP contribution in [0.1, 0.15) is 25.7 Å². The van der Waals surface area contributed by atoms with Crippen molar-refractivity contribution < 1.29 is 9.90 Å². The van der Waals surface area contributed by atoms with Gasteiger partial charge in [-0.2, -0.15) is 0 Å². The number of hydrogen-bond donors (Lipinski definition) is 2. The third-order valence-electron chi connectivity index (χ3n) is 2.98. The molecule has 2 unspecified atom stereocenters. The van der Waals surface area contributed by atoms with Gasteiger partial charge in [-0.15, -0.1) is 12.4 Å². The van der Waals surface area contributed by atoms with Gasteiger partial charge in [0.15, 0.2) is 0 Å². The number of carboxylic acid groups (broad SMARTS) is 1. The summed E-state index contributed by atoms with van der Waals surface area (Å²) in [5.41, 5.74) is 0. The molecule has 0 aromatic rings. The number of rotatable bonds is 2. The third-order valence-corrected chi connectivity index (χ3v) is 2.98. The maximum atomic E-state index is 10.7. The molecule has 0 bridgehead atoms. The molecule has 1 saturated carbocycles. The van der Waals surface area contributed by atoms with Crippen LogP contribution >= 0.6 is 12.4 Å². The first-order valence-electron chi connectivity index (χ1n) is 4.73. The van der Waals surface area contributed by atoms with E-state index in [1.807, 2.05) is 0 Å². The molecule has 0 aromatic carbocycles. The monoisotopic (exact) mass is 205 g/mol. The molecule has 1 heterocycles. The van der Waals surface area contributed by atoms with Crippen molar-refractivity contribution >= 4 is 18.4 Å². The van der Waals surface area contributed by atoms with Gasteiger partial charge in [0.1, 0.15) is 0 Å². The van der Waals surface area contributed by atoms with Gasteiger partial charge in [-0.25, -0.2) is 0 Å². The average molecular weight is 206 g/mol. The second-order valence-electron chi connectivity index (χ2n) is 3.96. The average Bonchev–Trinajstić information content (AvgIpc) is 2.87. The summed E-state index contributed by atoms with van der Waals surface area (Å²) >= 11 is 0. The highest BCUT2D eigenvalue weighted by molar-refractivity contribution is 5.85. The number of piperidine rings is 1. The standard InChI is InChI=1S/C9H15NO2.ClH/c11-9(12)7-3-4-10-8(5-7)6-1-2-6;/h6-8,10H,1-5H2,(H,11,12);1H. The van der Waals surface area contributed by atoms with Crippen molar-refractivity contribution in [1.29, 1.82) is 0 Å². The van der Waals surface area contributed by atoms with Crippen LogP contribution in [0.3, 0.4) is 0 Å². The fraction of sp³-hybridized carbons (Fsp3) is 0.889. The predicted octanol–water partition coefficient (Wildman–Crippen LogP) is 1.27. The van der Waals surface area contributed by atoms with Crippen LogP contribution in [0.4, 0.5) is 0 Å². The topological polar surface area (TPSA) is 49.3 Å². The van der Waals surface area contributed by atoms with Crippen molar-refractivity contribution in [3.8, 4) is 0 Å². The van der Waals surface area contributed by atoms with Gasteiger partial charge in [-0.05, 0) is 38.1 Å². The summed E-state index contributed by atoms with van der Waals surface area (Å²) in [6.45, 7) is 0.887. The van der Waals surface area contributed by atoms with Gasteiger partial charge in [0.05, 0.1) is 5.92 Å². The lowest BCUT2D eigenvalue weighted by Crippen LogP contribution is -2.41. The predicted molar refractivity (Wildman–Crippen MR) is 52.1 cm³/mol. The molecule has 1 aliphatic heterocycles. The molecule has 2 aliphatic rings. The smallest absolute Gasteiger partial charge is 0.306 e. The van der Waals surface area contributed by atoms with E-state index in [0.717, 1.165) is 25.3 Å². The molecule has 1 saturated heterocycles. The van der Waals surface area contributed by atoms with E-state index < -0.39 is 5.97 Å². The fourth-order valence-corrected chi connectivity index (χ4v) is 2.03. The van der Waals surface area contributed by atoms with Gasteiger partial charge >= 0.3 is 5.97 Å². The number of halogens is 1. The van der Waals surface area contributed by atoms with Crippen molar-refractivity contribution in [2.24, 2.45) is 11.8 Å². The molecule has 0 amide bonds. The van der Waals surface area contributed by atoms with E-state index in [-0.39, 0.29) is 18.3 Å². The van der Waals surface area contributed by atoms with E-state index in [1.165, 1.54) is 12.8 Å². The van der Waals surface area contributed by atoms with E-state index in [9.17, 15) is 4.79 Å². The largest absolute Gasteiger partial charge is 0.481 e. The Balaban J connectivity index is 0.000000845. The van der Waals surface area contributed by atoms with E-state index in [0.29, 0.717) is 6.04 Å². The quantitative estimate of drug-likeness (QED) is 0.714. The fourth-order valence-electron chi connectivity index (χ4n) is 2.03. The minimum absolute atomic E-state index is 0. The minimum atomic E-state index is -0.609. The zero-order valence-electron chi connectivity index (χ0n) is 7.53. The van der Waals surface area contributed by atoms with Crippen LogP contribution in [0.2, 0.25) is 0 Å². The number of carboxylic acids is 1. The van der Waals surface area contributed by atoms with Gasteiger partial charge in [0, 0.05) is 6.04 Å². The molecule has 3 nitrogen and oxygen atoms in total. The van der Waals surface area contributed by atoms with E-state index in [4.69, 9.17) is 5.11 Å². The highest BCUT2D eigenvalue weighted by Gasteiger charge is 2.36. The lowest BCUT2D eigenvalue weighted by Gasteiger charge is -2.27. The third kappa shape index (κ3) is 2.58. The van der Waals surface area contributed by atoms with Gasteiger partial charge in [-0.3, -0.25) is 4.79 Å². The van der Waals surface area contributed by atoms with Crippen LogP contribution in [0.15, 0.2) is 0 Å². The molecule has 2 fully saturated rings. The van der Waals surface area contributed by atoms with Crippen LogP contribution in [0.25, 0.3) is 0 Å². The Labute approximate surface area is 84.3 Å². The molecule has 2 rings (SSSR count). The van der Waals surface area contributed by atoms with Crippen LogP contribution < -0.4 is 5.32 Å². The van der Waals surface area contributed by atoms with Gasteiger partial charge in [0.2, 0.25) is 0 Å². The normalized spacial score (nSPS) is 33.5. The molecule has 0 aromatic heterocycles. The van der Waals surface area contributed by atoms with Gasteiger partial charge in [0.25, 0.3) is 0 Å². The Morgan fingerprint density at radius 3 is 2.54 bits per heavy atom. The number of carbonyl (C=O) groups is 1. The number of aliphatic carboxylic acids is 1. The van der Waals surface area contributed by atoms with Gasteiger partial charge < -0.3 is 10.4 Å². The Kier molecular flexibility index (Phi) is 3.56. The number of hydrogen-bond acceptors (Lipinski definition) is 2. The van der Waals surface area contributed by atoms with Crippen molar-refractivity contribution in [2.75, 3.05) is 6.54 Å². The summed E-state index contributed by atoms with van der Waals surface area (Å²) in [4.78, 5) is 10.7. The first kappa shape index (κ1) is 10.8. The lowest BCUT2D eigenvalue weighted by molar-refractivity contribution is -0.143. The molecule has 2 atom stereocenters. The maximum absolute atomic E-state index is 10.7. The molecule has 0 radical (unpaired) electrons. The van der Waals surface area contributed by atoms with Crippen molar-refractivity contribution in [2.45, 2.75) is 31.7 Å². The molecule has 4 heteroatoms. The first-order chi connectivity index (χ1) is 5.77. The number of nitrogens with one attached hydrogen (secondary N) is 1. The zero-order chi connectivity index (χ0) is 8.55. The van der Waals surface area contributed by atoms with Crippen molar-refractivity contribution in [3.63, 3.8) is 0 Å². The highest BCUT2D eigenvalue weighted by Crippen LogP contribution is 2.37. The first-order valence-corrected chi connectivity index (χ1v) is 4.73. The summed E-state index contributed by atoms with van der Waals surface area (Å²) in [5.74, 6) is 0.0890. The molecular weight excluding hydrogens is 190 g/mol. The van der Waals surface area contributed by atoms with Gasteiger partial charge in [-0.1, -0.05) is 0 Å². The molecule has 2 N–H and O–H groups in total. The Hall–Kier alpha value is -0.280. The Morgan fingerprint density at radius 1 is 1.31 bits per heavy atom. The highest BCUT2D eigenvalue weighted by atomic mass is 35.5. The van der Waals surface area contributed by atoms with Crippen LogP contribution in [-0.4, -0.2) is 23.7 Å². The minimum Gasteiger partial charge on any atom is -0.481 e. The van der Waals surface area contributed by atoms with E-state index in [1.54, 1.807) is 0 Å². The SMILES string of the molecule is Cl.O=C(O)C1CCNC(C2CC2)C1. The maximum Gasteiger partial charge on any atom is 0.306 e. The van der Waals surface area contributed by atoms with Crippen molar-refractivity contribution in [3.05, 3.63) is 0 Å². The zero-order valence-corrected chi connectivity index (χ0v) is 8.35. The molecule has 0 spiro atoms. The Bertz CT molecular complexity index is 194.